The number of rotatable bonds is 3. The van der Waals surface area contributed by atoms with E-state index < -0.39 is 23.3 Å². The highest BCUT2D eigenvalue weighted by molar-refractivity contribution is 6.06. The Morgan fingerprint density at radius 2 is 1.71 bits per heavy atom. The van der Waals surface area contributed by atoms with E-state index in [9.17, 15) is 27.9 Å². The molecule has 0 aromatic heterocycles. The summed E-state index contributed by atoms with van der Waals surface area (Å²) >= 11 is 0. The van der Waals surface area contributed by atoms with Gasteiger partial charge in [-0.1, -0.05) is 25.0 Å². The van der Waals surface area contributed by atoms with Crippen molar-refractivity contribution >= 4 is 11.8 Å². The largest absolute Gasteiger partial charge is 0.416 e. The van der Waals surface area contributed by atoms with Crippen LogP contribution >= 0.6 is 0 Å². The van der Waals surface area contributed by atoms with E-state index in [1.165, 1.54) is 12.1 Å². The Balaban J connectivity index is 1.71. The van der Waals surface area contributed by atoms with E-state index in [4.69, 9.17) is 0 Å². The normalized spacial score (nSPS) is 21.8. The fourth-order valence-electron chi connectivity index (χ4n) is 3.66. The number of aliphatic hydroxyl groups is 1. The molecule has 7 heteroatoms. The summed E-state index contributed by atoms with van der Waals surface area (Å²) in [5.74, 6) is -0.566. The van der Waals surface area contributed by atoms with Crippen LogP contribution in [0.5, 0.6) is 0 Å². The molecule has 0 radical (unpaired) electrons. The standard InChI is InChI=1S/C17H18F3NO3/c18-17(19,20)12-5-3-11(4-6-12)13(22)10-21-14(23)9-16(15(21)24)7-1-2-8-16/h3-6,13,22H,1-2,7-10H2/t13-/m0/s1. The summed E-state index contributed by atoms with van der Waals surface area (Å²) in [6.45, 7) is -0.217. The van der Waals surface area contributed by atoms with Gasteiger partial charge in [0, 0.05) is 6.42 Å². The SMILES string of the molecule is O=C1CC2(CCCC2)C(=O)N1C[C@H](O)c1ccc(C(F)(F)F)cc1. The van der Waals surface area contributed by atoms with Gasteiger partial charge in [0.15, 0.2) is 0 Å². The van der Waals surface area contributed by atoms with E-state index in [1.54, 1.807) is 0 Å². The number of amides is 2. The van der Waals surface area contributed by atoms with E-state index in [2.05, 4.69) is 0 Å². The first-order valence-corrected chi connectivity index (χ1v) is 7.93. The molecule has 1 heterocycles. The number of likely N-dealkylation sites (tertiary alicyclic amines) is 1. The van der Waals surface area contributed by atoms with E-state index in [0.717, 1.165) is 29.9 Å². The maximum absolute atomic E-state index is 12.6. The lowest BCUT2D eigenvalue weighted by molar-refractivity contribution is -0.143. The van der Waals surface area contributed by atoms with Gasteiger partial charge < -0.3 is 5.11 Å². The predicted octanol–water partition coefficient (Wildman–Crippen LogP) is 3.06. The molecule has 2 aliphatic rings. The molecule has 24 heavy (non-hydrogen) atoms. The number of halogens is 3. The maximum atomic E-state index is 12.6. The number of carbonyl (C=O) groups is 2. The minimum atomic E-state index is -4.45. The number of aliphatic hydroxyl groups excluding tert-OH is 1. The summed E-state index contributed by atoms with van der Waals surface area (Å²) in [6.07, 6.45) is -2.28. The second-order valence-electron chi connectivity index (χ2n) is 6.61. The minimum Gasteiger partial charge on any atom is -0.387 e. The number of imide groups is 1. The number of alkyl halides is 3. The number of β-amino-alcohol motifs (C(OH)–C–C–N with tert-alkyl or cyclic N) is 1. The van der Waals surface area contributed by atoms with Gasteiger partial charge >= 0.3 is 6.18 Å². The van der Waals surface area contributed by atoms with Gasteiger partial charge in [0.2, 0.25) is 11.8 Å². The summed E-state index contributed by atoms with van der Waals surface area (Å²) < 4.78 is 37.7. The first-order valence-electron chi connectivity index (χ1n) is 7.93. The highest BCUT2D eigenvalue weighted by Crippen LogP contribution is 2.47. The van der Waals surface area contributed by atoms with Crippen molar-refractivity contribution in [3.8, 4) is 0 Å². The third-order valence-electron chi connectivity index (χ3n) is 5.03. The summed E-state index contributed by atoms with van der Waals surface area (Å²) in [6, 6.07) is 4.10. The zero-order chi connectivity index (χ0) is 17.5. The fourth-order valence-corrected chi connectivity index (χ4v) is 3.66. The van der Waals surface area contributed by atoms with Gasteiger partial charge in [0.05, 0.1) is 23.6 Å². The number of nitrogens with zero attached hydrogens (tertiary/aromatic N) is 1. The first kappa shape index (κ1) is 17.0. The minimum absolute atomic E-state index is 0.172. The van der Waals surface area contributed by atoms with Crippen LogP contribution in [0.2, 0.25) is 0 Å². The van der Waals surface area contributed by atoms with Gasteiger partial charge in [-0.25, -0.2) is 0 Å². The van der Waals surface area contributed by atoms with Crippen molar-refractivity contribution in [3.63, 3.8) is 0 Å². The lowest BCUT2D eigenvalue weighted by atomic mass is 9.84. The van der Waals surface area contributed by atoms with Crippen LogP contribution in [0.3, 0.4) is 0 Å². The summed E-state index contributed by atoms with van der Waals surface area (Å²) in [5, 5.41) is 10.2. The molecule has 0 unspecified atom stereocenters. The first-order chi connectivity index (χ1) is 11.2. The molecule has 0 bridgehead atoms. The Labute approximate surface area is 137 Å². The summed E-state index contributed by atoms with van der Waals surface area (Å²) in [4.78, 5) is 25.7. The average Bonchev–Trinajstić information content (AvgIpc) is 3.08. The van der Waals surface area contributed by atoms with Crippen molar-refractivity contribution in [2.45, 2.75) is 44.4 Å². The third-order valence-corrected chi connectivity index (χ3v) is 5.03. The quantitative estimate of drug-likeness (QED) is 0.860. The van der Waals surface area contributed by atoms with Gasteiger partial charge in [-0.05, 0) is 30.5 Å². The van der Waals surface area contributed by atoms with Crippen LogP contribution in [-0.4, -0.2) is 28.4 Å². The molecule has 1 atom stereocenters. The third kappa shape index (κ3) is 2.92. The number of hydrogen-bond acceptors (Lipinski definition) is 3. The average molecular weight is 341 g/mol. The van der Waals surface area contributed by atoms with Crippen molar-refractivity contribution < 1.29 is 27.9 Å². The van der Waals surface area contributed by atoms with Crippen molar-refractivity contribution in [2.75, 3.05) is 6.54 Å². The molecule has 130 valence electrons. The smallest absolute Gasteiger partial charge is 0.387 e. The highest BCUT2D eigenvalue weighted by Gasteiger charge is 2.52. The predicted molar refractivity (Wildman–Crippen MR) is 78.6 cm³/mol. The molecule has 1 aliphatic heterocycles. The Hall–Kier alpha value is -1.89. The Bertz CT molecular complexity index is 648. The lowest BCUT2D eigenvalue weighted by Crippen LogP contribution is -2.37. The molecule has 1 saturated carbocycles. The number of hydrogen-bond donors (Lipinski definition) is 1. The second kappa shape index (κ2) is 5.88. The van der Waals surface area contributed by atoms with Crippen molar-refractivity contribution in [3.05, 3.63) is 35.4 Å². The van der Waals surface area contributed by atoms with E-state index in [0.29, 0.717) is 12.8 Å². The zero-order valence-corrected chi connectivity index (χ0v) is 13.0. The molecule has 1 spiro atoms. The van der Waals surface area contributed by atoms with Gasteiger partial charge in [0.1, 0.15) is 0 Å². The fraction of sp³-hybridized carbons (Fsp3) is 0.529. The molecule has 3 rings (SSSR count). The molecule has 1 aromatic rings. The monoisotopic (exact) mass is 341 g/mol. The van der Waals surface area contributed by atoms with Crippen LogP contribution in [-0.2, 0) is 15.8 Å². The molecule has 1 aromatic carbocycles. The lowest BCUT2D eigenvalue weighted by Gasteiger charge is -2.23. The van der Waals surface area contributed by atoms with Crippen molar-refractivity contribution in [2.24, 2.45) is 5.41 Å². The van der Waals surface area contributed by atoms with Gasteiger partial charge in [-0.3, -0.25) is 14.5 Å². The van der Waals surface area contributed by atoms with Crippen LogP contribution in [0.4, 0.5) is 13.2 Å². The van der Waals surface area contributed by atoms with Crippen LogP contribution in [0, 0.1) is 5.41 Å². The van der Waals surface area contributed by atoms with E-state index in [-0.39, 0.29) is 30.3 Å². The van der Waals surface area contributed by atoms with E-state index in [1.807, 2.05) is 0 Å². The zero-order valence-electron chi connectivity index (χ0n) is 13.0. The van der Waals surface area contributed by atoms with Crippen LogP contribution in [0.15, 0.2) is 24.3 Å². The molecule has 4 nitrogen and oxygen atoms in total. The molecular weight excluding hydrogens is 323 g/mol. The highest BCUT2D eigenvalue weighted by atomic mass is 19.4. The molecule has 1 N–H and O–H groups in total. The van der Waals surface area contributed by atoms with E-state index >= 15 is 0 Å². The van der Waals surface area contributed by atoms with Crippen LogP contribution in [0.1, 0.15) is 49.3 Å². The molecule has 1 aliphatic carbocycles. The molecule has 2 fully saturated rings. The summed E-state index contributed by atoms with van der Waals surface area (Å²) in [5.41, 5.74) is -1.18. The maximum Gasteiger partial charge on any atom is 0.416 e. The van der Waals surface area contributed by atoms with Gasteiger partial charge in [0.25, 0.3) is 0 Å². The second-order valence-corrected chi connectivity index (χ2v) is 6.61. The Kier molecular flexibility index (Phi) is 4.15. The molecular formula is C17H18F3NO3. The Morgan fingerprint density at radius 1 is 1.12 bits per heavy atom. The topological polar surface area (TPSA) is 57.6 Å². The van der Waals surface area contributed by atoms with Crippen molar-refractivity contribution in [1.29, 1.82) is 0 Å². The van der Waals surface area contributed by atoms with Crippen LogP contribution in [0.25, 0.3) is 0 Å². The number of carbonyl (C=O) groups excluding carboxylic acids is 2. The van der Waals surface area contributed by atoms with Gasteiger partial charge in [-0.15, -0.1) is 0 Å². The number of benzene rings is 1. The Morgan fingerprint density at radius 3 is 2.25 bits per heavy atom. The van der Waals surface area contributed by atoms with Gasteiger partial charge in [-0.2, -0.15) is 13.2 Å². The molecule has 1 saturated heterocycles. The van der Waals surface area contributed by atoms with Crippen molar-refractivity contribution in [1.82, 2.24) is 4.90 Å². The molecule has 2 amide bonds. The summed E-state index contributed by atoms with van der Waals surface area (Å²) in [7, 11) is 0. The van der Waals surface area contributed by atoms with Crippen LogP contribution < -0.4 is 0 Å².